The van der Waals surface area contributed by atoms with Gasteiger partial charge in [0, 0.05) is 10.1 Å². The Morgan fingerprint density at radius 3 is 2.36 bits per heavy atom. The van der Waals surface area contributed by atoms with Crippen molar-refractivity contribution in [1.29, 1.82) is 0 Å². The van der Waals surface area contributed by atoms with Crippen LogP contribution in [0.1, 0.15) is 89.5 Å². The molecule has 0 radical (unpaired) electrons. The highest BCUT2D eigenvalue weighted by Crippen LogP contribution is 2.36. The van der Waals surface area contributed by atoms with Gasteiger partial charge in [-0.05, 0) is 55.1 Å². The number of rotatable bonds is 11. The van der Waals surface area contributed by atoms with Crippen LogP contribution in [-0.4, -0.2) is 5.25 Å². The Morgan fingerprint density at radius 2 is 1.64 bits per heavy atom. The summed E-state index contributed by atoms with van der Waals surface area (Å²) in [5, 5.41) is 3.37. The zero-order chi connectivity index (χ0) is 17.7. The standard InChI is InChI=1S/C23H36S2/c1-3-4-5-6-7-9-14-23(19-24-21-12-10-8-11-13-21)25-22-17-15-20(2)16-18-22/h15-19,21H,3-14H2,1-2H3/b23-19-. The molecule has 0 atom stereocenters. The fraction of sp³-hybridized carbons (Fsp3) is 0.652. The smallest absolute Gasteiger partial charge is 0.0119 e. The lowest BCUT2D eigenvalue weighted by atomic mass is 10.0. The monoisotopic (exact) mass is 376 g/mol. The van der Waals surface area contributed by atoms with Crippen molar-refractivity contribution in [2.45, 2.75) is 101 Å². The maximum absolute atomic E-state index is 2.51. The molecule has 1 saturated carbocycles. The van der Waals surface area contributed by atoms with Gasteiger partial charge in [-0.2, -0.15) is 0 Å². The summed E-state index contributed by atoms with van der Waals surface area (Å²) in [6.07, 6.45) is 16.7. The van der Waals surface area contributed by atoms with Crippen molar-refractivity contribution in [3.63, 3.8) is 0 Å². The number of hydrogen-bond acceptors (Lipinski definition) is 2. The van der Waals surface area contributed by atoms with Crippen LogP contribution in [0.15, 0.2) is 39.5 Å². The first-order chi connectivity index (χ1) is 12.3. The SMILES string of the molecule is CCCCCCCC/C(=C/SC1CCCCC1)Sc1ccc(C)cc1. The minimum absolute atomic E-state index is 0.868. The van der Waals surface area contributed by atoms with Gasteiger partial charge in [0.05, 0.1) is 0 Å². The largest absolute Gasteiger partial charge is 0.130 e. The van der Waals surface area contributed by atoms with Crippen LogP contribution in [0.3, 0.4) is 0 Å². The average molecular weight is 377 g/mol. The molecule has 1 aromatic rings. The second kappa shape index (κ2) is 12.9. The molecule has 2 rings (SSSR count). The van der Waals surface area contributed by atoms with Gasteiger partial charge in [-0.1, -0.05) is 87.7 Å². The van der Waals surface area contributed by atoms with Gasteiger partial charge in [0.15, 0.2) is 0 Å². The summed E-state index contributed by atoms with van der Waals surface area (Å²) in [6, 6.07) is 9.03. The second-order valence-corrected chi connectivity index (χ2v) is 9.79. The van der Waals surface area contributed by atoms with Gasteiger partial charge in [0.25, 0.3) is 0 Å². The molecule has 0 bridgehead atoms. The van der Waals surface area contributed by atoms with Crippen molar-refractivity contribution in [3.05, 3.63) is 40.1 Å². The zero-order valence-electron chi connectivity index (χ0n) is 16.3. The molecular weight excluding hydrogens is 340 g/mol. The first kappa shape index (κ1) is 21.0. The minimum Gasteiger partial charge on any atom is -0.130 e. The van der Waals surface area contributed by atoms with Crippen LogP contribution in [0.5, 0.6) is 0 Å². The minimum atomic E-state index is 0.868. The summed E-state index contributed by atoms with van der Waals surface area (Å²) in [5.41, 5.74) is 1.35. The van der Waals surface area contributed by atoms with E-state index in [0.717, 1.165) is 5.25 Å². The van der Waals surface area contributed by atoms with E-state index in [0.29, 0.717) is 0 Å². The molecule has 1 fully saturated rings. The van der Waals surface area contributed by atoms with Crippen molar-refractivity contribution in [2.24, 2.45) is 0 Å². The van der Waals surface area contributed by atoms with Gasteiger partial charge in [0.2, 0.25) is 0 Å². The lowest BCUT2D eigenvalue weighted by Crippen LogP contribution is -2.06. The Morgan fingerprint density at radius 1 is 0.960 bits per heavy atom. The number of aryl methyl sites for hydroxylation is 1. The number of allylic oxidation sites excluding steroid dienone is 1. The molecular formula is C23H36S2. The lowest BCUT2D eigenvalue weighted by molar-refractivity contribution is 0.517. The molecule has 0 nitrogen and oxygen atoms in total. The molecule has 1 aliphatic carbocycles. The van der Waals surface area contributed by atoms with Crippen LogP contribution in [0.25, 0.3) is 0 Å². The maximum atomic E-state index is 2.51. The van der Waals surface area contributed by atoms with E-state index in [1.165, 1.54) is 87.5 Å². The van der Waals surface area contributed by atoms with Crippen LogP contribution in [-0.2, 0) is 0 Å². The summed E-state index contributed by atoms with van der Waals surface area (Å²) in [4.78, 5) is 2.97. The van der Waals surface area contributed by atoms with Gasteiger partial charge >= 0.3 is 0 Å². The molecule has 0 saturated heterocycles. The first-order valence-corrected chi connectivity index (χ1v) is 12.1. The van der Waals surface area contributed by atoms with Gasteiger partial charge in [-0.3, -0.25) is 0 Å². The molecule has 0 amide bonds. The van der Waals surface area contributed by atoms with E-state index in [4.69, 9.17) is 0 Å². The van der Waals surface area contributed by atoms with Crippen molar-refractivity contribution < 1.29 is 0 Å². The topological polar surface area (TPSA) is 0 Å². The number of hydrogen-bond donors (Lipinski definition) is 0. The molecule has 0 aliphatic heterocycles. The molecule has 0 aromatic heterocycles. The quantitative estimate of drug-likeness (QED) is 0.279. The molecule has 1 aromatic carbocycles. The predicted molar refractivity (Wildman–Crippen MR) is 118 cm³/mol. The van der Waals surface area contributed by atoms with Crippen molar-refractivity contribution >= 4 is 23.5 Å². The number of thioether (sulfide) groups is 2. The van der Waals surface area contributed by atoms with E-state index in [2.05, 4.69) is 55.3 Å². The fourth-order valence-electron chi connectivity index (χ4n) is 3.34. The predicted octanol–water partition coefficient (Wildman–Crippen LogP) is 8.75. The molecule has 0 unspecified atom stereocenters. The molecule has 140 valence electrons. The maximum Gasteiger partial charge on any atom is 0.0119 e. The second-order valence-electron chi connectivity index (χ2n) is 7.41. The Kier molecular flexibility index (Phi) is 10.8. The van der Waals surface area contributed by atoms with Crippen LogP contribution in [0.4, 0.5) is 0 Å². The zero-order valence-corrected chi connectivity index (χ0v) is 17.9. The van der Waals surface area contributed by atoms with Gasteiger partial charge in [0.1, 0.15) is 0 Å². The van der Waals surface area contributed by atoms with Crippen molar-refractivity contribution in [3.8, 4) is 0 Å². The molecule has 1 aliphatic rings. The highest BCUT2D eigenvalue weighted by Gasteiger charge is 2.13. The van der Waals surface area contributed by atoms with Crippen molar-refractivity contribution in [2.75, 3.05) is 0 Å². The van der Waals surface area contributed by atoms with E-state index in [9.17, 15) is 0 Å². The van der Waals surface area contributed by atoms with Gasteiger partial charge in [-0.15, -0.1) is 11.8 Å². The highest BCUT2D eigenvalue weighted by molar-refractivity contribution is 8.06. The van der Waals surface area contributed by atoms with Crippen LogP contribution < -0.4 is 0 Å². The van der Waals surface area contributed by atoms with E-state index >= 15 is 0 Å². The Bertz CT molecular complexity index is 483. The van der Waals surface area contributed by atoms with Gasteiger partial charge in [-0.25, -0.2) is 0 Å². The Balaban J connectivity index is 1.84. The summed E-state index contributed by atoms with van der Waals surface area (Å²) < 4.78 is 0. The summed E-state index contributed by atoms with van der Waals surface area (Å²) in [6.45, 7) is 4.46. The van der Waals surface area contributed by atoms with Crippen LogP contribution in [0.2, 0.25) is 0 Å². The molecule has 0 heterocycles. The average Bonchev–Trinajstić information content (AvgIpc) is 2.65. The van der Waals surface area contributed by atoms with E-state index < -0.39 is 0 Å². The lowest BCUT2D eigenvalue weighted by Gasteiger charge is -2.20. The molecule has 0 spiro atoms. The highest BCUT2D eigenvalue weighted by atomic mass is 32.2. The number of unbranched alkanes of at least 4 members (excludes halogenated alkanes) is 5. The van der Waals surface area contributed by atoms with E-state index in [1.54, 1.807) is 4.91 Å². The third kappa shape index (κ3) is 9.24. The molecule has 2 heteroatoms. The fourth-order valence-corrected chi connectivity index (χ4v) is 5.59. The third-order valence-electron chi connectivity index (χ3n) is 4.99. The Hall–Kier alpha value is -0.340. The normalized spacial score (nSPS) is 16.3. The molecule has 25 heavy (non-hydrogen) atoms. The summed E-state index contributed by atoms with van der Waals surface area (Å²) >= 11 is 4.11. The van der Waals surface area contributed by atoms with Crippen LogP contribution >= 0.6 is 23.5 Å². The summed E-state index contributed by atoms with van der Waals surface area (Å²) in [5.74, 6) is 0. The third-order valence-corrected chi connectivity index (χ3v) is 7.51. The van der Waals surface area contributed by atoms with E-state index in [1.807, 2.05) is 11.8 Å². The number of benzene rings is 1. The van der Waals surface area contributed by atoms with Gasteiger partial charge < -0.3 is 0 Å². The summed E-state index contributed by atoms with van der Waals surface area (Å²) in [7, 11) is 0. The van der Waals surface area contributed by atoms with Crippen LogP contribution in [0, 0.1) is 6.92 Å². The van der Waals surface area contributed by atoms with E-state index in [-0.39, 0.29) is 0 Å². The van der Waals surface area contributed by atoms with Crippen molar-refractivity contribution in [1.82, 2.24) is 0 Å². The Labute approximate surface area is 164 Å². The molecule has 0 N–H and O–H groups in total. The first-order valence-electron chi connectivity index (χ1n) is 10.4.